The number of furan rings is 2. The zero-order valence-electron chi connectivity index (χ0n) is 48.5. The number of allylic oxidation sites excluding steroid dienone is 1. The highest BCUT2D eigenvalue weighted by molar-refractivity contribution is 7.10. The number of fused-ring (bicyclic) bond motifs is 1. The molecular formula is C67H60N18O4S2. The van der Waals surface area contributed by atoms with Crippen LogP contribution in [0.1, 0.15) is 73.2 Å². The fraction of sp³-hybridized carbons (Fsp3) is 0.0149. The number of hydrogen-bond acceptors (Lipinski definition) is 14. The van der Waals surface area contributed by atoms with E-state index in [0.29, 0.717) is 5.76 Å². The van der Waals surface area contributed by atoms with Gasteiger partial charge in [-0.3, -0.25) is 50.8 Å². The number of benzene rings is 1. The molecule has 0 spiro atoms. The van der Waals surface area contributed by atoms with E-state index in [1.54, 1.807) is 90.5 Å². The maximum absolute atomic E-state index is 10.3. The summed E-state index contributed by atoms with van der Waals surface area (Å²) in [7, 11) is 0. The SMILES string of the molecule is C(=C\c1cc2ccccc2[nH]1)/c1ccn[nH]1.C(=C\c1ccco1)/c1ccn[nH]1.C(=C\c1cccs1)/c1ccn[nH]1.C(=C\c1ccn[nH]1)/c1ccc[nH]1.C(=C\c1ccn[nH]1)/c1ccsc1.C1=NCC(/C=C/c2ccn[nH]2)=C1.O=[N+]([O-])c1ccc(/C=C/c2ccn[nH]2)o1. The predicted molar refractivity (Wildman–Crippen MR) is 366 cm³/mol. The Kier molecular flexibility index (Phi) is 24.8. The zero-order valence-corrected chi connectivity index (χ0v) is 50.1. The Morgan fingerprint density at radius 1 is 0.473 bits per heavy atom. The van der Waals surface area contributed by atoms with E-state index in [1.165, 1.54) is 33.5 Å². The van der Waals surface area contributed by atoms with Gasteiger partial charge in [-0.05, 0) is 209 Å². The highest BCUT2D eigenvalue weighted by Gasteiger charge is 2.09. The minimum atomic E-state index is -0.576. The van der Waals surface area contributed by atoms with E-state index in [2.05, 4.69) is 145 Å². The summed E-state index contributed by atoms with van der Waals surface area (Å²) in [6, 6.07) is 40.4. The van der Waals surface area contributed by atoms with Crippen molar-refractivity contribution in [1.29, 1.82) is 0 Å². The molecule has 0 bridgehead atoms. The number of aromatic amines is 9. The van der Waals surface area contributed by atoms with Crippen LogP contribution in [-0.2, 0) is 0 Å². The normalized spacial score (nSPS) is 11.7. The summed E-state index contributed by atoms with van der Waals surface area (Å²) in [5.74, 6) is 1.00. The minimum Gasteiger partial charge on any atom is -0.465 e. The van der Waals surface area contributed by atoms with E-state index in [-0.39, 0.29) is 5.88 Å². The van der Waals surface area contributed by atoms with Gasteiger partial charge in [-0.2, -0.15) is 47.0 Å². The number of nitro groups is 1. The summed E-state index contributed by atoms with van der Waals surface area (Å²) >= 11 is 3.42. The van der Waals surface area contributed by atoms with Gasteiger partial charge in [0, 0.05) is 77.6 Å². The molecule has 0 saturated heterocycles. The summed E-state index contributed by atoms with van der Waals surface area (Å²) in [5.41, 5.74) is 12.6. The molecule has 0 radical (unpaired) electrons. The average Bonchev–Trinajstić information content (AvgIpc) is 3.58. The lowest BCUT2D eigenvalue weighted by atomic mass is 10.2. The van der Waals surface area contributed by atoms with E-state index in [4.69, 9.17) is 8.83 Å². The van der Waals surface area contributed by atoms with Crippen molar-refractivity contribution in [2.24, 2.45) is 4.99 Å². The predicted octanol–water partition coefficient (Wildman–Crippen LogP) is 15.9. The molecule has 91 heavy (non-hydrogen) atoms. The Morgan fingerprint density at radius 3 is 1.47 bits per heavy atom. The van der Waals surface area contributed by atoms with Crippen molar-refractivity contribution < 1.29 is 13.8 Å². The second kappa shape index (κ2) is 35.8. The Balaban J connectivity index is 0.000000126. The van der Waals surface area contributed by atoms with Crippen LogP contribution in [0, 0.1) is 10.1 Å². The number of para-hydroxylation sites is 1. The van der Waals surface area contributed by atoms with Gasteiger partial charge in [-0.15, -0.1) is 11.3 Å². The molecule has 14 aromatic rings. The first-order valence-electron chi connectivity index (χ1n) is 27.9. The molecule has 24 heteroatoms. The number of nitrogens with zero attached hydrogens (tertiary/aromatic N) is 9. The fourth-order valence-electron chi connectivity index (χ4n) is 7.55. The number of aliphatic imine (C=N–C) groups is 1. The largest absolute Gasteiger partial charge is 0.465 e. The molecule has 22 nitrogen and oxygen atoms in total. The van der Waals surface area contributed by atoms with Gasteiger partial charge in [0.15, 0.2) is 0 Å². The van der Waals surface area contributed by atoms with E-state index in [1.807, 2.05) is 158 Å². The molecule has 0 aliphatic carbocycles. The number of thiophene rings is 2. The lowest BCUT2D eigenvalue weighted by molar-refractivity contribution is -0.402. The Morgan fingerprint density at radius 2 is 1.01 bits per heavy atom. The molecule has 1 aliphatic heterocycles. The quantitative estimate of drug-likeness (QED) is 0.0343. The highest BCUT2D eigenvalue weighted by Crippen LogP contribution is 2.19. The maximum Gasteiger partial charge on any atom is 0.433 e. The van der Waals surface area contributed by atoms with Crippen LogP contribution < -0.4 is 0 Å². The molecule has 0 amide bonds. The van der Waals surface area contributed by atoms with E-state index < -0.39 is 4.92 Å². The molecule has 14 heterocycles. The topological polar surface area (TPSA) is 314 Å². The van der Waals surface area contributed by atoms with Crippen molar-refractivity contribution in [3.8, 4) is 0 Å². The van der Waals surface area contributed by atoms with Gasteiger partial charge in [-0.1, -0.05) is 36.4 Å². The molecule has 0 fully saturated rings. The minimum absolute atomic E-state index is 0.265. The van der Waals surface area contributed by atoms with Crippen molar-refractivity contribution >= 4 is 125 Å². The van der Waals surface area contributed by atoms with Crippen LogP contribution in [0.4, 0.5) is 5.88 Å². The first-order valence-corrected chi connectivity index (χ1v) is 29.7. The van der Waals surface area contributed by atoms with Gasteiger partial charge >= 0.3 is 5.88 Å². The summed E-state index contributed by atoms with van der Waals surface area (Å²) in [6.07, 6.45) is 46.7. The van der Waals surface area contributed by atoms with Crippen LogP contribution in [0.2, 0.25) is 0 Å². The molecule has 0 atom stereocenters. The smallest absolute Gasteiger partial charge is 0.433 e. The molecule has 1 aromatic carbocycles. The zero-order chi connectivity index (χ0) is 62.6. The summed E-state index contributed by atoms with van der Waals surface area (Å²) in [6.45, 7) is 0.796. The Hall–Kier alpha value is -12.5. The lowest BCUT2D eigenvalue weighted by Gasteiger charge is -1.87. The van der Waals surface area contributed by atoms with E-state index in [0.717, 1.165) is 69.1 Å². The van der Waals surface area contributed by atoms with Crippen LogP contribution in [0.5, 0.6) is 0 Å². The Labute approximate surface area is 528 Å². The monoisotopic (exact) mass is 1240 g/mol. The standard InChI is InChI=1S/C13H11N3.C9H7N3O3.2C9H9N3.C9H8N2O.2C9H8N2S/c1-2-4-13-10(3-1)9-12(15-13)6-5-11-7-8-14-16-11;13-12(14)9-4-3-8(15-9)2-1-7-5-6-10-11-7;1(8-3-5-10-7-8)2-9-4-6-11-12-9;1-2-8(10-6-1)3-4-9-5-7-11-12-9;1-2-9(12-7-1)4-3-8-5-6-10-11-8;1(8-4-6-12-7-8)2-9-3-5-10-11-9;1-2-9(12-7-1)4-3-8-5-6-10-11-8/h1-9,15H,(H,14,16);1-6H,(H,10,11);1-6H,7H2,(H,11,12);1-7,10H,(H,11,12);3*1-7H,(H,10,11)/b6-5+;2*2-1+;2*4-3+;2-1+;4-3+. The third-order valence-electron chi connectivity index (χ3n) is 12.0. The van der Waals surface area contributed by atoms with Crippen molar-refractivity contribution in [3.05, 3.63) is 300 Å². The number of H-pyrrole nitrogens is 9. The number of rotatable bonds is 15. The van der Waals surface area contributed by atoms with Crippen LogP contribution >= 0.6 is 22.7 Å². The highest BCUT2D eigenvalue weighted by atomic mass is 32.1. The number of nitrogens with one attached hydrogen (secondary N) is 9. The van der Waals surface area contributed by atoms with Crippen LogP contribution in [0.25, 0.3) is 89.9 Å². The third kappa shape index (κ3) is 23.0. The van der Waals surface area contributed by atoms with Gasteiger partial charge in [0.1, 0.15) is 16.4 Å². The van der Waals surface area contributed by atoms with Crippen molar-refractivity contribution in [2.75, 3.05) is 6.54 Å². The molecule has 454 valence electrons. The maximum atomic E-state index is 10.3. The van der Waals surface area contributed by atoms with Gasteiger partial charge < -0.3 is 18.8 Å². The second-order valence-corrected chi connectivity index (χ2v) is 20.4. The van der Waals surface area contributed by atoms with Crippen molar-refractivity contribution in [1.82, 2.24) is 81.3 Å². The molecule has 0 saturated carbocycles. The summed E-state index contributed by atoms with van der Waals surface area (Å²) in [5, 5.41) is 64.5. The van der Waals surface area contributed by atoms with Crippen molar-refractivity contribution in [3.63, 3.8) is 0 Å². The van der Waals surface area contributed by atoms with Crippen LogP contribution in [0.3, 0.4) is 0 Å². The fourth-order valence-corrected chi connectivity index (χ4v) is 8.79. The number of aromatic nitrogens is 16. The van der Waals surface area contributed by atoms with Gasteiger partial charge in [0.05, 0.1) is 58.7 Å². The summed E-state index contributed by atoms with van der Waals surface area (Å²) in [4.78, 5) is 21.5. The molecule has 1 aliphatic rings. The summed E-state index contributed by atoms with van der Waals surface area (Å²) < 4.78 is 10.0. The lowest BCUT2D eigenvalue weighted by Crippen LogP contribution is -1.82. The van der Waals surface area contributed by atoms with Gasteiger partial charge in [0.2, 0.25) is 0 Å². The molecule has 0 unspecified atom stereocenters. The van der Waals surface area contributed by atoms with Gasteiger partial charge in [0.25, 0.3) is 0 Å². The van der Waals surface area contributed by atoms with Crippen LogP contribution in [-0.4, -0.2) is 99.0 Å². The number of hydrogen-bond donors (Lipinski definition) is 9. The first-order chi connectivity index (χ1) is 44.9. The molecule has 13 aromatic heterocycles. The van der Waals surface area contributed by atoms with Crippen LogP contribution in [0.15, 0.2) is 231 Å². The Bertz CT molecular complexity index is 3950. The molecule has 15 rings (SSSR count). The first kappa shape index (κ1) is 63.0. The average molecular weight is 1250 g/mol. The van der Waals surface area contributed by atoms with Crippen molar-refractivity contribution in [2.45, 2.75) is 0 Å². The second-order valence-electron chi connectivity index (χ2n) is 18.6. The third-order valence-corrected chi connectivity index (χ3v) is 13.6. The molecular weight excluding hydrogens is 1180 g/mol. The van der Waals surface area contributed by atoms with Gasteiger partial charge in [-0.25, -0.2) is 0 Å². The van der Waals surface area contributed by atoms with E-state index >= 15 is 0 Å². The molecule has 9 N–H and O–H groups in total. The van der Waals surface area contributed by atoms with E-state index in [9.17, 15) is 10.1 Å².